The number of carbonyl (C=O) groups excluding carboxylic acids is 1. The van der Waals surface area contributed by atoms with E-state index >= 15 is 0 Å². The van der Waals surface area contributed by atoms with Crippen molar-refractivity contribution in [2.24, 2.45) is 0 Å². The molecule has 0 bridgehead atoms. The van der Waals surface area contributed by atoms with Crippen molar-refractivity contribution in [3.05, 3.63) is 29.0 Å². The zero-order valence-electron chi connectivity index (χ0n) is 10.8. The standard InChI is InChI=1S/C13H18ClN3O/c1-16(2)9-10-4-3-7-17(10)13(18)11-8-15-6-5-12(11)14/h5-6,8,10H,3-4,7,9H2,1-2H3. The fourth-order valence-electron chi connectivity index (χ4n) is 2.40. The summed E-state index contributed by atoms with van der Waals surface area (Å²) in [5.41, 5.74) is 0.504. The first-order valence-corrected chi connectivity index (χ1v) is 6.52. The number of pyridine rings is 1. The Kier molecular flexibility index (Phi) is 4.19. The van der Waals surface area contributed by atoms with Crippen molar-refractivity contribution in [1.29, 1.82) is 0 Å². The van der Waals surface area contributed by atoms with Crippen LogP contribution < -0.4 is 0 Å². The van der Waals surface area contributed by atoms with E-state index in [4.69, 9.17) is 11.6 Å². The quantitative estimate of drug-likeness (QED) is 0.839. The fourth-order valence-corrected chi connectivity index (χ4v) is 2.59. The Balaban J connectivity index is 2.15. The van der Waals surface area contributed by atoms with Crippen LogP contribution >= 0.6 is 11.6 Å². The van der Waals surface area contributed by atoms with Crippen molar-refractivity contribution in [3.63, 3.8) is 0 Å². The first-order chi connectivity index (χ1) is 8.59. The molecule has 0 N–H and O–H groups in total. The minimum Gasteiger partial charge on any atom is -0.334 e. The molecule has 0 spiro atoms. The van der Waals surface area contributed by atoms with Crippen molar-refractivity contribution in [3.8, 4) is 0 Å². The van der Waals surface area contributed by atoms with Crippen LogP contribution in [0.3, 0.4) is 0 Å². The summed E-state index contributed by atoms with van der Waals surface area (Å²) in [6.45, 7) is 1.70. The van der Waals surface area contributed by atoms with Crippen LogP contribution in [-0.2, 0) is 0 Å². The number of likely N-dealkylation sites (tertiary alicyclic amines) is 1. The van der Waals surface area contributed by atoms with Crippen molar-refractivity contribution in [1.82, 2.24) is 14.8 Å². The number of hydrogen-bond acceptors (Lipinski definition) is 3. The van der Waals surface area contributed by atoms with E-state index < -0.39 is 0 Å². The molecule has 1 fully saturated rings. The monoisotopic (exact) mass is 267 g/mol. The van der Waals surface area contributed by atoms with E-state index in [9.17, 15) is 4.79 Å². The Morgan fingerprint density at radius 3 is 3.06 bits per heavy atom. The van der Waals surface area contributed by atoms with Gasteiger partial charge in [-0.15, -0.1) is 0 Å². The third-order valence-electron chi connectivity index (χ3n) is 3.21. The van der Waals surface area contributed by atoms with Crippen LogP contribution in [0, 0.1) is 0 Å². The average molecular weight is 268 g/mol. The van der Waals surface area contributed by atoms with Crippen LogP contribution in [0.15, 0.2) is 18.5 Å². The average Bonchev–Trinajstić information content (AvgIpc) is 2.76. The van der Waals surface area contributed by atoms with Crippen molar-refractivity contribution in [2.75, 3.05) is 27.2 Å². The topological polar surface area (TPSA) is 36.4 Å². The lowest BCUT2D eigenvalue weighted by atomic mass is 10.2. The van der Waals surface area contributed by atoms with E-state index in [-0.39, 0.29) is 11.9 Å². The number of carbonyl (C=O) groups is 1. The van der Waals surface area contributed by atoms with Gasteiger partial charge in [-0.05, 0) is 33.0 Å². The highest BCUT2D eigenvalue weighted by Gasteiger charge is 2.30. The lowest BCUT2D eigenvalue weighted by Crippen LogP contribution is -2.41. The van der Waals surface area contributed by atoms with E-state index in [1.54, 1.807) is 18.5 Å². The molecular formula is C13H18ClN3O. The molecule has 1 unspecified atom stereocenters. The zero-order valence-corrected chi connectivity index (χ0v) is 11.5. The first-order valence-electron chi connectivity index (χ1n) is 6.15. The Hall–Kier alpha value is -1.13. The summed E-state index contributed by atoms with van der Waals surface area (Å²) in [5.74, 6) is -0.00236. The Morgan fingerprint density at radius 2 is 2.39 bits per heavy atom. The van der Waals surface area contributed by atoms with Crippen molar-refractivity contribution in [2.45, 2.75) is 18.9 Å². The van der Waals surface area contributed by atoms with Gasteiger partial charge in [-0.1, -0.05) is 11.6 Å². The maximum absolute atomic E-state index is 12.4. The molecule has 2 heterocycles. The summed E-state index contributed by atoms with van der Waals surface area (Å²) in [7, 11) is 4.05. The Bertz CT molecular complexity index is 436. The summed E-state index contributed by atoms with van der Waals surface area (Å²) < 4.78 is 0. The van der Waals surface area contributed by atoms with E-state index in [1.807, 2.05) is 19.0 Å². The van der Waals surface area contributed by atoms with E-state index in [1.165, 1.54) is 0 Å². The van der Waals surface area contributed by atoms with Gasteiger partial charge in [0.2, 0.25) is 0 Å². The fraction of sp³-hybridized carbons (Fsp3) is 0.538. The second-order valence-electron chi connectivity index (χ2n) is 4.91. The zero-order chi connectivity index (χ0) is 13.1. The molecule has 1 atom stereocenters. The molecule has 0 aliphatic carbocycles. The lowest BCUT2D eigenvalue weighted by Gasteiger charge is -2.27. The third kappa shape index (κ3) is 2.82. The number of aromatic nitrogens is 1. The molecule has 98 valence electrons. The molecule has 2 rings (SSSR count). The number of hydrogen-bond donors (Lipinski definition) is 0. The van der Waals surface area contributed by atoms with Gasteiger partial charge in [0.05, 0.1) is 10.6 Å². The van der Waals surface area contributed by atoms with Crippen LogP contribution in [0.4, 0.5) is 0 Å². The van der Waals surface area contributed by atoms with Gasteiger partial charge < -0.3 is 9.80 Å². The maximum Gasteiger partial charge on any atom is 0.257 e. The highest BCUT2D eigenvalue weighted by atomic mass is 35.5. The van der Waals surface area contributed by atoms with Crippen LogP contribution in [0.2, 0.25) is 5.02 Å². The summed E-state index contributed by atoms with van der Waals surface area (Å²) in [6, 6.07) is 1.94. The van der Waals surface area contributed by atoms with Gasteiger partial charge in [0.15, 0.2) is 0 Å². The minimum atomic E-state index is -0.00236. The molecule has 1 aliphatic rings. The number of halogens is 1. The summed E-state index contributed by atoms with van der Waals surface area (Å²) >= 11 is 6.05. The molecule has 0 aromatic carbocycles. The molecule has 4 nitrogen and oxygen atoms in total. The first kappa shape index (κ1) is 13.3. The predicted molar refractivity (Wildman–Crippen MR) is 71.9 cm³/mol. The molecule has 1 aromatic rings. The molecule has 5 heteroatoms. The van der Waals surface area contributed by atoms with Gasteiger partial charge in [-0.3, -0.25) is 9.78 Å². The van der Waals surface area contributed by atoms with E-state index in [0.717, 1.165) is 25.9 Å². The van der Waals surface area contributed by atoms with E-state index in [0.29, 0.717) is 10.6 Å². The molecule has 0 saturated carbocycles. The van der Waals surface area contributed by atoms with Gasteiger partial charge in [-0.25, -0.2) is 0 Å². The highest BCUT2D eigenvalue weighted by molar-refractivity contribution is 6.33. The molecule has 1 aromatic heterocycles. The molecule has 1 amide bonds. The molecule has 18 heavy (non-hydrogen) atoms. The van der Waals surface area contributed by atoms with Crippen molar-refractivity contribution < 1.29 is 4.79 Å². The third-order valence-corrected chi connectivity index (χ3v) is 3.54. The van der Waals surface area contributed by atoms with Crippen LogP contribution in [0.1, 0.15) is 23.2 Å². The molecule has 0 radical (unpaired) electrons. The van der Waals surface area contributed by atoms with Crippen LogP contribution in [0.25, 0.3) is 0 Å². The van der Waals surface area contributed by atoms with Crippen molar-refractivity contribution >= 4 is 17.5 Å². The molecular weight excluding hydrogens is 250 g/mol. The number of rotatable bonds is 3. The van der Waals surface area contributed by atoms with Gasteiger partial charge >= 0.3 is 0 Å². The smallest absolute Gasteiger partial charge is 0.257 e. The SMILES string of the molecule is CN(C)CC1CCCN1C(=O)c1cnccc1Cl. The normalized spacial score (nSPS) is 19.6. The van der Waals surface area contributed by atoms with Gasteiger partial charge in [0, 0.05) is 31.5 Å². The molecule has 1 saturated heterocycles. The Morgan fingerprint density at radius 1 is 1.61 bits per heavy atom. The van der Waals surface area contributed by atoms with Gasteiger partial charge in [0.1, 0.15) is 0 Å². The van der Waals surface area contributed by atoms with E-state index in [2.05, 4.69) is 9.88 Å². The maximum atomic E-state index is 12.4. The second-order valence-corrected chi connectivity index (χ2v) is 5.32. The van der Waals surface area contributed by atoms with Crippen LogP contribution in [-0.4, -0.2) is 53.9 Å². The number of nitrogens with zero attached hydrogens (tertiary/aromatic N) is 3. The summed E-state index contributed by atoms with van der Waals surface area (Å²) in [5, 5.41) is 0.477. The van der Waals surface area contributed by atoms with Gasteiger partial charge in [-0.2, -0.15) is 0 Å². The van der Waals surface area contributed by atoms with Crippen LogP contribution in [0.5, 0.6) is 0 Å². The predicted octanol–water partition coefficient (Wildman–Crippen LogP) is 1.90. The second kappa shape index (κ2) is 5.67. The van der Waals surface area contributed by atoms with Gasteiger partial charge in [0.25, 0.3) is 5.91 Å². The molecule has 1 aliphatic heterocycles. The number of amides is 1. The Labute approximate surface area is 113 Å². The largest absolute Gasteiger partial charge is 0.334 e. The minimum absolute atomic E-state index is 0.00236. The summed E-state index contributed by atoms with van der Waals surface area (Å²) in [6.07, 6.45) is 5.26. The lowest BCUT2D eigenvalue weighted by molar-refractivity contribution is 0.0716. The number of likely N-dealkylation sites (N-methyl/N-ethyl adjacent to an activating group) is 1. The highest BCUT2D eigenvalue weighted by Crippen LogP contribution is 2.23. The summed E-state index contributed by atoms with van der Waals surface area (Å²) in [4.78, 5) is 20.5.